The van der Waals surface area contributed by atoms with Gasteiger partial charge in [-0.3, -0.25) is 0 Å². The Labute approximate surface area is 84.0 Å². The molecule has 1 nitrogen and oxygen atoms in total. The molecule has 70 valence electrons. The van der Waals surface area contributed by atoms with Crippen molar-refractivity contribution in [3.05, 3.63) is 21.9 Å². The van der Waals surface area contributed by atoms with Gasteiger partial charge >= 0.3 is 0 Å². The Kier molecular flexibility index (Phi) is 3.53. The Morgan fingerprint density at radius 1 is 1.38 bits per heavy atom. The fourth-order valence-corrected chi connectivity index (χ4v) is 1.55. The Morgan fingerprint density at radius 2 is 2.08 bits per heavy atom. The quantitative estimate of drug-likeness (QED) is 0.681. The summed E-state index contributed by atoms with van der Waals surface area (Å²) in [5, 5.41) is 0. The summed E-state index contributed by atoms with van der Waals surface area (Å²) >= 11 is 1.71. The fourth-order valence-electron chi connectivity index (χ4n) is 0.823. The molecule has 0 aliphatic heterocycles. The lowest BCUT2D eigenvalue weighted by Gasteiger charge is -2.06. The van der Waals surface area contributed by atoms with E-state index in [1.807, 2.05) is 6.07 Å². The van der Waals surface area contributed by atoms with E-state index in [-0.39, 0.29) is 6.04 Å². The fraction of sp³-hybridized carbons (Fsp3) is 0.455. The van der Waals surface area contributed by atoms with E-state index in [2.05, 4.69) is 38.7 Å². The van der Waals surface area contributed by atoms with Gasteiger partial charge in [-0.15, -0.1) is 11.3 Å². The summed E-state index contributed by atoms with van der Waals surface area (Å²) in [4.78, 5) is 2.40. The van der Waals surface area contributed by atoms with Crippen LogP contribution in [-0.2, 0) is 0 Å². The standard InChI is InChI=1S/C11H15NS/c1-8(2)11(12)7-6-10-5-4-9(3)13-10/h4-5,8,11H,12H2,1-3H3. The largest absolute Gasteiger partial charge is 0.317 e. The van der Waals surface area contributed by atoms with Crippen molar-refractivity contribution >= 4 is 11.3 Å². The lowest BCUT2D eigenvalue weighted by atomic mass is 10.1. The number of hydrogen-bond acceptors (Lipinski definition) is 2. The monoisotopic (exact) mass is 193 g/mol. The Morgan fingerprint density at radius 3 is 2.54 bits per heavy atom. The third kappa shape index (κ3) is 3.22. The van der Waals surface area contributed by atoms with E-state index < -0.39 is 0 Å². The van der Waals surface area contributed by atoms with Crippen LogP contribution in [0.4, 0.5) is 0 Å². The first-order chi connectivity index (χ1) is 6.09. The van der Waals surface area contributed by atoms with Gasteiger partial charge in [0.1, 0.15) is 0 Å². The van der Waals surface area contributed by atoms with Crippen LogP contribution in [0.15, 0.2) is 12.1 Å². The van der Waals surface area contributed by atoms with E-state index in [0.29, 0.717) is 5.92 Å². The van der Waals surface area contributed by atoms with Crippen molar-refractivity contribution < 1.29 is 0 Å². The van der Waals surface area contributed by atoms with Crippen molar-refractivity contribution in [3.8, 4) is 11.8 Å². The van der Waals surface area contributed by atoms with Gasteiger partial charge in [0.05, 0.1) is 10.9 Å². The molecule has 1 unspecified atom stereocenters. The third-order valence-corrected chi connectivity index (χ3v) is 2.74. The van der Waals surface area contributed by atoms with Crippen LogP contribution in [0.25, 0.3) is 0 Å². The van der Waals surface area contributed by atoms with Crippen molar-refractivity contribution in [3.63, 3.8) is 0 Å². The molecule has 13 heavy (non-hydrogen) atoms. The molecule has 0 saturated heterocycles. The molecule has 0 fully saturated rings. The SMILES string of the molecule is Cc1ccc(C#CC(N)C(C)C)s1. The highest BCUT2D eigenvalue weighted by atomic mass is 32.1. The van der Waals surface area contributed by atoms with Gasteiger partial charge in [0.25, 0.3) is 0 Å². The summed E-state index contributed by atoms with van der Waals surface area (Å²) in [6.45, 7) is 6.25. The molecule has 0 aliphatic carbocycles. The second-order valence-electron chi connectivity index (χ2n) is 3.45. The van der Waals surface area contributed by atoms with E-state index in [0.717, 1.165) is 4.88 Å². The molecule has 0 aromatic carbocycles. The van der Waals surface area contributed by atoms with Crippen LogP contribution in [0.3, 0.4) is 0 Å². The highest BCUT2D eigenvalue weighted by Crippen LogP contribution is 2.13. The van der Waals surface area contributed by atoms with Crippen LogP contribution in [-0.4, -0.2) is 6.04 Å². The average Bonchev–Trinajstić information content (AvgIpc) is 2.47. The second-order valence-corrected chi connectivity index (χ2v) is 4.74. The van der Waals surface area contributed by atoms with Crippen LogP contribution in [0, 0.1) is 24.7 Å². The molecular formula is C11H15NS. The first kappa shape index (κ1) is 10.3. The normalized spacial score (nSPS) is 12.4. The molecule has 0 saturated carbocycles. The molecule has 1 heterocycles. The molecule has 1 aromatic heterocycles. The number of hydrogen-bond donors (Lipinski definition) is 1. The van der Waals surface area contributed by atoms with Crippen molar-refractivity contribution in [1.82, 2.24) is 0 Å². The predicted molar refractivity (Wildman–Crippen MR) is 58.7 cm³/mol. The van der Waals surface area contributed by atoms with E-state index in [9.17, 15) is 0 Å². The van der Waals surface area contributed by atoms with Crippen LogP contribution >= 0.6 is 11.3 Å². The first-order valence-corrected chi connectivity index (χ1v) is 5.25. The van der Waals surface area contributed by atoms with Gasteiger partial charge in [-0.25, -0.2) is 0 Å². The summed E-state index contributed by atoms with van der Waals surface area (Å²) in [5.41, 5.74) is 5.80. The van der Waals surface area contributed by atoms with E-state index in [4.69, 9.17) is 5.73 Å². The Hall–Kier alpha value is -0.780. The number of aryl methyl sites for hydroxylation is 1. The molecular weight excluding hydrogens is 178 g/mol. The zero-order valence-corrected chi connectivity index (χ0v) is 9.11. The van der Waals surface area contributed by atoms with E-state index in [1.165, 1.54) is 4.88 Å². The molecule has 0 radical (unpaired) electrons. The van der Waals surface area contributed by atoms with Crippen LogP contribution in [0.1, 0.15) is 23.6 Å². The second kappa shape index (κ2) is 4.45. The van der Waals surface area contributed by atoms with Gasteiger partial charge in [-0.05, 0) is 25.0 Å². The zero-order valence-electron chi connectivity index (χ0n) is 8.29. The van der Waals surface area contributed by atoms with E-state index >= 15 is 0 Å². The van der Waals surface area contributed by atoms with E-state index in [1.54, 1.807) is 11.3 Å². The van der Waals surface area contributed by atoms with Gasteiger partial charge in [0.2, 0.25) is 0 Å². The minimum absolute atomic E-state index is 0.0117. The summed E-state index contributed by atoms with van der Waals surface area (Å²) < 4.78 is 0. The van der Waals surface area contributed by atoms with Crippen LogP contribution < -0.4 is 5.73 Å². The van der Waals surface area contributed by atoms with Crippen molar-refractivity contribution in [2.75, 3.05) is 0 Å². The molecule has 0 aliphatic rings. The molecule has 0 spiro atoms. The lowest BCUT2D eigenvalue weighted by molar-refractivity contribution is 0.584. The summed E-state index contributed by atoms with van der Waals surface area (Å²) in [6.07, 6.45) is 0. The third-order valence-electron chi connectivity index (χ3n) is 1.82. The molecule has 1 rings (SSSR count). The zero-order chi connectivity index (χ0) is 9.84. The van der Waals surface area contributed by atoms with Crippen molar-refractivity contribution in [2.45, 2.75) is 26.8 Å². The molecule has 0 amide bonds. The smallest absolute Gasteiger partial charge is 0.0771 e. The number of rotatable bonds is 1. The molecule has 1 aromatic rings. The maximum Gasteiger partial charge on any atom is 0.0771 e. The van der Waals surface area contributed by atoms with Gasteiger partial charge in [-0.2, -0.15) is 0 Å². The Bertz CT molecular complexity index is 327. The van der Waals surface area contributed by atoms with Gasteiger partial charge in [0, 0.05) is 4.88 Å². The maximum atomic E-state index is 5.80. The Balaban J connectivity index is 2.67. The number of nitrogens with two attached hydrogens (primary N) is 1. The van der Waals surface area contributed by atoms with Crippen molar-refractivity contribution in [1.29, 1.82) is 0 Å². The van der Waals surface area contributed by atoms with Crippen molar-refractivity contribution in [2.24, 2.45) is 11.7 Å². The average molecular weight is 193 g/mol. The summed E-state index contributed by atoms with van der Waals surface area (Å²) in [5.74, 6) is 6.56. The number of thiophene rings is 1. The minimum Gasteiger partial charge on any atom is -0.317 e. The topological polar surface area (TPSA) is 26.0 Å². The summed E-state index contributed by atoms with van der Waals surface area (Å²) in [7, 11) is 0. The van der Waals surface area contributed by atoms with Crippen LogP contribution in [0.2, 0.25) is 0 Å². The molecule has 0 bridgehead atoms. The molecule has 1 atom stereocenters. The molecule has 2 N–H and O–H groups in total. The highest BCUT2D eigenvalue weighted by molar-refractivity contribution is 7.12. The minimum atomic E-state index is -0.0117. The highest BCUT2D eigenvalue weighted by Gasteiger charge is 2.01. The van der Waals surface area contributed by atoms with Gasteiger partial charge in [-0.1, -0.05) is 25.7 Å². The lowest BCUT2D eigenvalue weighted by Crippen LogP contribution is -2.23. The predicted octanol–water partition coefficient (Wildman–Crippen LogP) is 2.39. The van der Waals surface area contributed by atoms with Gasteiger partial charge in [0.15, 0.2) is 0 Å². The summed E-state index contributed by atoms with van der Waals surface area (Å²) in [6, 6.07) is 4.11. The first-order valence-electron chi connectivity index (χ1n) is 4.43. The maximum absolute atomic E-state index is 5.80. The van der Waals surface area contributed by atoms with Crippen LogP contribution in [0.5, 0.6) is 0 Å². The van der Waals surface area contributed by atoms with Gasteiger partial charge < -0.3 is 5.73 Å². The molecule has 2 heteroatoms.